The Balaban J connectivity index is 0.979. The molecule has 10 aromatic carbocycles. The molecule has 336 valence electrons. The highest BCUT2D eigenvalue weighted by atomic mass is 32.3. The summed E-state index contributed by atoms with van der Waals surface area (Å²) in [6.45, 7) is 0. The lowest BCUT2D eigenvalue weighted by atomic mass is 10.1. The van der Waals surface area contributed by atoms with Gasteiger partial charge in [-0.1, -0.05) is 133 Å². The molecule has 3 heterocycles. The van der Waals surface area contributed by atoms with Gasteiger partial charge in [0, 0.05) is 68.0 Å². The van der Waals surface area contributed by atoms with E-state index in [1.807, 2.05) is 0 Å². The largest absolute Gasteiger partial charge is 0.309 e. The van der Waals surface area contributed by atoms with E-state index in [1.54, 1.807) is 0 Å². The second-order valence-corrected chi connectivity index (χ2v) is 23.7. The molecule has 2 aliphatic rings. The number of benzene rings is 10. The lowest BCUT2D eigenvalue weighted by Gasteiger charge is -2.42. The number of hydrazine groups is 2. The molecule has 2 aliphatic heterocycles. The van der Waals surface area contributed by atoms with Crippen LogP contribution in [0.2, 0.25) is 0 Å². The zero-order chi connectivity index (χ0) is 46.5. The first-order chi connectivity index (χ1) is 34.7. The third-order valence-corrected chi connectivity index (χ3v) is 21.5. The Morgan fingerprint density at radius 1 is 0.271 bits per heavy atom. The molecule has 0 atom stereocenters. The molecule has 0 fully saturated rings. The fraction of sp³-hybridized carbons (Fsp3) is 0. The number of fused-ring (bicyclic) bond motifs is 6. The second-order valence-electron chi connectivity index (χ2n) is 17.5. The molecule has 6 heteroatoms. The summed E-state index contributed by atoms with van der Waals surface area (Å²) in [6.07, 6.45) is 8.57. The van der Waals surface area contributed by atoms with Gasteiger partial charge in [-0.2, -0.15) is 5.12 Å². The molecule has 0 aliphatic carbocycles. The minimum absolute atomic E-state index is 1.08. The molecule has 0 unspecified atom stereocenters. The quantitative estimate of drug-likeness (QED) is 0.136. The van der Waals surface area contributed by atoms with Gasteiger partial charge in [-0.25, -0.2) is 10.0 Å². The van der Waals surface area contributed by atoms with E-state index < -0.39 is 20.1 Å². The van der Waals surface area contributed by atoms with Crippen molar-refractivity contribution in [3.05, 3.63) is 291 Å². The number of rotatable bonds is 10. The fourth-order valence-electron chi connectivity index (χ4n) is 10.7. The standard InChI is InChI=1S/C64H48N4S2/c1-7-25-51(26-8-1)69(52-27-9-2-10-28-52,53-29-11-3-12-30-53)57-37-23-24-49(46-57)67-61-39-20-19-38-59(61)60-47-50(40-42-62(60)67)68-63-43-41-58(48-64(63)65-44-21-22-45-66(65)68)70(54-31-13-4-14-32-54,55-33-15-5-16-34-55)56-35-17-6-18-36-56/h1-48H. The van der Waals surface area contributed by atoms with Crippen molar-refractivity contribution in [2.75, 3.05) is 10.0 Å². The van der Waals surface area contributed by atoms with Crippen LogP contribution in [0.15, 0.2) is 331 Å². The highest BCUT2D eigenvalue weighted by molar-refractivity contribution is 8.34. The third kappa shape index (κ3) is 6.48. The average molecular weight is 937 g/mol. The maximum absolute atomic E-state index is 2.46. The van der Waals surface area contributed by atoms with Crippen LogP contribution in [0, 0.1) is 0 Å². The number of anilines is 3. The maximum Gasteiger partial charge on any atom is 0.0913 e. The topological polar surface area (TPSA) is 14.7 Å². The number of hydrogen-bond donors (Lipinski definition) is 0. The molecule has 0 bridgehead atoms. The van der Waals surface area contributed by atoms with E-state index in [-0.39, 0.29) is 0 Å². The zero-order valence-electron chi connectivity index (χ0n) is 38.3. The second kappa shape index (κ2) is 17.3. The SMILES string of the molecule is C1=CN2c3cc(S(c4ccccc4)(c4ccccc4)c4ccccc4)ccc3N(c3ccc4c(c3)c3ccccc3n4-c3cccc(S(c4ccccc4)(c4ccccc4)c4ccccc4)c3)N2C=C1. The Morgan fingerprint density at radius 2 is 0.714 bits per heavy atom. The Kier molecular flexibility index (Phi) is 10.3. The highest BCUT2D eigenvalue weighted by Crippen LogP contribution is 2.75. The smallest absolute Gasteiger partial charge is 0.0913 e. The van der Waals surface area contributed by atoms with E-state index in [4.69, 9.17) is 0 Å². The van der Waals surface area contributed by atoms with Gasteiger partial charge >= 0.3 is 0 Å². The summed E-state index contributed by atoms with van der Waals surface area (Å²) in [7, 11) is -3.79. The van der Waals surface area contributed by atoms with Crippen molar-refractivity contribution >= 4 is 58.9 Å². The van der Waals surface area contributed by atoms with Gasteiger partial charge in [0.1, 0.15) is 0 Å². The molecule has 0 amide bonds. The normalized spacial score (nSPS) is 13.7. The summed E-state index contributed by atoms with van der Waals surface area (Å²) in [6, 6.07) is 98.8. The van der Waals surface area contributed by atoms with E-state index >= 15 is 0 Å². The van der Waals surface area contributed by atoms with E-state index in [0.717, 1.165) is 28.3 Å². The fourth-order valence-corrected chi connectivity index (χ4v) is 18.5. The predicted molar refractivity (Wildman–Crippen MR) is 292 cm³/mol. The van der Waals surface area contributed by atoms with Crippen LogP contribution >= 0.6 is 20.1 Å². The Labute approximate surface area is 412 Å². The Bertz CT molecular complexity index is 3530. The first-order valence-corrected chi connectivity index (χ1v) is 27.0. The first-order valence-electron chi connectivity index (χ1n) is 23.7. The van der Waals surface area contributed by atoms with Gasteiger partial charge in [-0.15, -0.1) is 20.1 Å². The van der Waals surface area contributed by atoms with E-state index in [2.05, 4.69) is 311 Å². The molecule has 13 rings (SSSR count). The average Bonchev–Trinajstić information content (AvgIpc) is 3.95. The number of allylic oxidation sites excluding steroid dienone is 2. The molecule has 70 heavy (non-hydrogen) atoms. The van der Waals surface area contributed by atoms with Crippen molar-refractivity contribution in [3.8, 4) is 5.69 Å². The van der Waals surface area contributed by atoms with Gasteiger partial charge in [-0.05, 0) is 146 Å². The predicted octanol–water partition coefficient (Wildman–Crippen LogP) is 17.6. The minimum Gasteiger partial charge on any atom is -0.309 e. The van der Waals surface area contributed by atoms with Crippen LogP contribution in [0.3, 0.4) is 0 Å². The summed E-state index contributed by atoms with van der Waals surface area (Å²) in [5, 5.41) is 9.28. The maximum atomic E-state index is 2.46. The number of hydrogen-bond acceptors (Lipinski definition) is 3. The lowest BCUT2D eigenvalue weighted by molar-refractivity contribution is 0.408. The highest BCUT2D eigenvalue weighted by Gasteiger charge is 2.39. The van der Waals surface area contributed by atoms with Gasteiger partial charge in [0.05, 0.1) is 28.1 Å². The van der Waals surface area contributed by atoms with Crippen LogP contribution < -0.4 is 10.0 Å². The summed E-state index contributed by atoms with van der Waals surface area (Å²) in [5.74, 6) is 0. The van der Waals surface area contributed by atoms with Crippen LogP contribution in [-0.4, -0.2) is 9.69 Å². The van der Waals surface area contributed by atoms with E-state index in [1.165, 1.54) is 55.5 Å². The molecule has 4 nitrogen and oxygen atoms in total. The monoisotopic (exact) mass is 936 g/mol. The van der Waals surface area contributed by atoms with Gasteiger partial charge in [0.25, 0.3) is 0 Å². The molecule has 0 N–H and O–H groups in total. The molecular weight excluding hydrogens is 889 g/mol. The van der Waals surface area contributed by atoms with Crippen LogP contribution in [0.4, 0.5) is 17.1 Å². The molecule has 0 saturated carbocycles. The summed E-state index contributed by atoms with van der Waals surface area (Å²) < 4.78 is 2.46. The number of nitrogens with zero attached hydrogens (tertiary/aromatic N) is 4. The number of aromatic nitrogens is 1. The Hall–Kier alpha value is -8.42. The molecular formula is C64H48N4S2. The molecule has 11 aromatic rings. The van der Waals surface area contributed by atoms with Crippen molar-refractivity contribution in [2.24, 2.45) is 0 Å². The summed E-state index contributed by atoms with van der Waals surface area (Å²) >= 11 is 0. The number of para-hydroxylation sites is 1. The zero-order valence-corrected chi connectivity index (χ0v) is 40.0. The van der Waals surface area contributed by atoms with Gasteiger partial charge in [0.15, 0.2) is 0 Å². The van der Waals surface area contributed by atoms with Gasteiger partial charge in [-0.3, -0.25) is 0 Å². The van der Waals surface area contributed by atoms with E-state index in [9.17, 15) is 0 Å². The third-order valence-electron chi connectivity index (χ3n) is 13.7. The van der Waals surface area contributed by atoms with Crippen molar-refractivity contribution in [2.45, 2.75) is 39.2 Å². The van der Waals surface area contributed by atoms with Crippen molar-refractivity contribution in [3.63, 3.8) is 0 Å². The molecule has 0 saturated heterocycles. The van der Waals surface area contributed by atoms with Crippen LogP contribution in [0.5, 0.6) is 0 Å². The minimum atomic E-state index is -1.90. The van der Waals surface area contributed by atoms with Gasteiger partial charge < -0.3 is 4.57 Å². The molecule has 0 radical (unpaired) electrons. The van der Waals surface area contributed by atoms with Crippen LogP contribution in [0.25, 0.3) is 27.5 Å². The van der Waals surface area contributed by atoms with Gasteiger partial charge in [0.2, 0.25) is 0 Å². The van der Waals surface area contributed by atoms with E-state index in [0.29, 0.717) is 0 Å². The molecule has 0 spiro atoms. The summed E-state index contributed by atoms with van der Waals surface area (Å²) in [5.41, 5.74) is 6.77. The summed E-state index contributed by atoms with van der Waals surface area (Å²) in [4.78, 5) is 10.4. The Morgan fingerprint density at radius 3 is 1.24 bits per heavy atom. The van der Waals surface area contributed by atoms with Crippen LogP contribution in [-0.2, 0) is 0 Å². The lowest BCUT2D eigenvalue weighted by Crippen LogP contribution is -2.40. The van der Waals surface area contributed by atoms with Crippen molar-refractivity contribution in [1.82, 2.24) is 9.69 Å². The first kappa shape index (κ1) is 41.7. The van der Waals surface area contributed by atoms with Crippen molar-refractivity contribution in [1.29, 1.82) is 0 Å². The van der Waals surface area contributed by atoms with Crippen LogP contribution in [0.1, 0.15) is 0 Å². The molecule has 1 aromatic heterocycles. The van der Waals surface area contributed by atoms with Crippen molar-refractivity contribution < 1.29 is 0 Å².